The molecule has 0 unspecified atom stereocenters. The van der Waals surface area contributed by atoms with E-state index in [4.69, 9.17) is 4.74 Å². The van der Waals surface area contributed by atoms with Gasteiger partial charge in [-0.1, -0.05) is 32.0 Å². The topological polar surface area (TPSA) is 32.8 Å². The summed E-state index contributed by atoms with van der Waals surface area (Å²) < 4.78 is 5.65. The van der Waals surface area contributed by atoms with Gasteiger partial charge in [-0.25, -0.2) is 4.79 Å². The van der Waals surface area contributed by atoms with E-state index in [0.717, 1.165) is 25.1 Å². The number of nitrogens with zero attached hydrogens (tertiary/aromatic N) is 2. The van der Waals surface area contributed by atoms with Crippen molar-refractivity contribution in [3.05, 3.63) is 30.3 Å². The monoisotopic (exact) mass is 288 g/mol. The van der Waals surface area contributed by atoms with Crippen LogP contribution in [0.25, 0.3) is 0 Å². The molecule has 0 spiro atoms. The first-order valence-corrected chi connectivity index (χ1v) is 7.81. The van der Waals surface area contributed by atoms with Gasteiger partial charge >= 0.3 is 6.03 Å². The van der Waals surface area contributed by atoms with Crippen LogP contribution in [0.3, 0.4) is 0 Å². The van der Waals surface area contributed by atoms with Gasteiger partial charge in [0.25, 0.3) is 0 Å². The Hall–Kier alpha value is -1.55. The number of urea groups is 1. The van der Waals surface area contributed by atoms with Gasteiger partial charge in [0.05, 0.1) is 18.2 Å². The minimum atomic E-state index is 0.131. The molecule has 0 N–H and O–H groups in total. The highest BCUT2D eigenvalue weighted by Crippen LogP contribution is 2.39. The molecule has 1 aliphatic heterocycles. The molecule has 1 saturated heterocycles. The molecule has 1 aliphatic carbocycles. The van der Waals surface area contributed by atoms with E-state index in [-0.39, 0.29) is 24.2 Å². The summed E-state index contributed by atoms with van der Waals surface area (Å²) in [4.78, 5) is 16.9. The second kappa shape index (κ2) is 5.68. The number of ether oxygens (including phenoxy) is 1. The molecular formula is C17H24N2O2. The first kappa shape index (κ1) is 14.4. The van der Waals surface area contributed by atoms with Crippen LogP contribution in [0.5, 0.6) is 0 Å². The summed E-state index contributed by atoms with van der Waals surface area (Å²) in [6.45, 7) is 5.11. The summed E-state index contributed by atoms with van der Waals surface area (Å²) in [5, 5.41) is 0. The molecule has 1 aromatic rings. The van der Waals surface area contributed by atoms with Gasteiger partial charge in [0.1, 0.15) is 0 Å². The van der Waals surface area contributed by atoms with E-state index in [9.17, 15) is 4.79 Å². The van der Waals surface area contributed by atoms with Crippen molar-refractivity contribution in [3.63, 3.8) is 0 Å². The van der Waals surface area contributed by atoms with E-state index in [0.29, 0.717) is 5.92 Å². The summed E-state index contributed by atoms with van der Waals surface area (Å²) in [6.07, 6.45) is 2.20. The highest BCUT2D eigenvalue weighted by molar-refractivity contribution is 5.96. The third-order valence-electron chi connectivity index (χ3n) is 4.56. The molecule has 4 nitrogen and oxygen atoms in total. The number of methoxy groups -OCH3 is 1. The van der Waals surface area contributed by atoms with Gasteiger partial charge in [0.15, 0.2) is 0 Å². The maximum Gasteiger partial charge on any atom is 0.325 e. The van der Waals surface area contributed by atoms with Crippen molar-refractivity contribution in [2.75, 3.05) is 18.6 Å². The Balaban J connectivity index is 1.94. The van der Waals surface area contributed by atoms with Gasteiger partial charge in [-0.2, -0.15) is 0 Å². The van der Waals surface area contributed by atoms with Crippen LogP contribution < -0.4 is 4.90 Å². The number of hydrogen-bond donors (Lipinski definition) is 0. The van der Waals surface area contributed by atoms with E-state index in [1.807, 2.05) is 40.1 Å². The molecule has 1 aromatic carbocycles. The van der Waals surface area contributed by atoms with Crippen LogP contribution >= 0.6 is 0 Å². The maximum absolute atomic E-state index is 12.9. The predicted octanol–water partition coefficient (Wildman–Crippen LogP) is 3.13. The van der Waals surface area contributed by atoms with Gasteiger partial charge in [0, 0.05) is 19.3 Å². The smallest absolute Gasteiger partial charge is 0.325 e. The average Bonchev–Trinajstić information content (AvgIpc) is 2.99. The molecule has 2 aliphatic rings. The maximum atomic E-state index is 12.9. The molecule has 3 rings (SSSR count). The minimum Gasteiger partial charge on any atom is -0.379 e. The lowest BCUT2D eigenvalue weighted by Gasteiger charge is -2.28. The van der Waals surface area contributed by atoms with Crippen molar-refractivity contribution in [1.82, 2.24) is 4.90 Å². The molecule has 0 aromatic heterocycles. The summed E-state index contributed by atoms with van der Waals surface area (Å²) in [5.74, 6) is 0.462. The van der Waals surface area contributed by atoms with Crippen molar-refractivity contribution < 1.29 is 9.53 Å². The molecule has 1 heterocycles. The molecule has 21 heavy (non-hydrogen) atoms. The number of hydrogen-bond acceptors (Lipinski definition) is 2. The Bertz CT molecular complexity index is 503. The normalized spacial score (nSPS) is 28.6. The Kier molecular flexibility index (Phi) is 3.89. The van der Waals surface area contributed by atoms with Crippen molar-refractivity contribution in [2.45, 2.75) is 44.9 Å². The lowest BCUT2D eigenvalue weighted by Crippen LogP contribution is -2.43. The van der Waals surface area contributed by atoms with Crippen LogP contribution in [-0.2, 0) is 4.74 Å². The molecule has 1 saturated carbocycles. The van der Waals surface area contributed by atoms with E-state index in [1.165, 1.54) is 0 Å². The highest BCUT2D eigenvalue weighted by atomic mass is 16.5. The quantitative estimate of drug-likeness (QED) is 0.852. The zero-order chi connectivity index (χ0) is 15.0. The van der Waals surface area contributed by atoms with Crippen molar-refractivity contribution >= 4 is 11.7 Å². The van der Waals surface area contributed by atoms with E-state index < -0.39 is 0 Å². The molecule has 2 fully saturated rings. The molecule has 3 atom stereocenters. The fourth-order valence-corrected chi connectivity index (χ4v) is 3.76. The molecule has 114 valence electrons. The summed E-state index contributed by atoms with van der Waals surface area (Å²) >= 11 is 0. The van der Waals surface area contributed by atoms with E-state index in [1.54, 1.807) is 7.11 Å². The molecule has 0 bridgehead atoms. The Morgan fingerprint density at radius 3 is 2.57 bits per heavy atom. The minimum absolute atomic E-state index is 0.131. The van der Waals surface area contributed by atoms with Gasteiger partial charge < -0.3 is 9.64 Å². The zero-order valence-corrected chi connectivity index (χ0v) is 13.0. The fraction of sp³-hybridized carbons (Fsp3) is 0.588. The summed E-state index contributed by atoms with van der Waals surface area (Å²) in [5.41, 5.74) is 1.00. The number of amides is 2. The summed E-state index contributed by atoms with van der Waals surface area (Å²) in [6, 6.07) is 10.6. The van der Waals surface area contributed by atoms with Crippen LogP contribution in [0.1, 0.15) is 26.7 Å². The zero-order valence-electron chi connectivity index (χ0n) is 13.0. The van der Waals surface area contributed by atoms with Crippen LogP contribution in [0.4, 0.5) is 10.5 Å². The molecule has 2 amide bonds. The van der Waals surface area contributed by atoms with Gasteiger partial charge in [-0.3, -0.25) is 4.90 Å². The SMILES string of the molecule is CO[C@@H]1CC[C@@H]2[C@H]1N(CC(C)C)C(=O)N2c1ccccc1. The van der Waals surface area contributed by atoms with Crippen molar-refractivity contribution in [1.29, 1.82) is 0 Å². The molecule has 0 radical (unpaired) electrons. The number of benzene rings is 1. The Morgan fingerprint density at radius 2 is 1.95 bits per heavy atom. The second-order valence-corrected chi connectivity index (χ2v) is 6.44. The number of para-hydroxylation sites is 1. The largest absolute Gasteiger partial charge is 0.379 e. The standard InChI is InChI=1S/C17H24N2O2/c1-12(2)11-18-16-14(9-10-15(16)21-3)19(17(18)20)13-7-5-4-6-8-13/h4-8,12,14-16H,9-11H2,1-3H3/t14-,15-,16-/m1/s1. The first-order chi connectivity index (χ1) is 10.1. The number of carbonyl (C=O) groups is 1. The summed E-state index contributed by atoms with van der Waals surface area (Å²) in [7, 11) is 1.76. The van der Waals surface area contributed by atoms with E-state index >= 15 is 0 Å². The van der Waals surface area contributed by atoms with Crippen molar-refractivity contribution in [3.8, 4) is 0 Å². The number of rotatable bonds is 4. The Labute approximate surface area is 126 Å². The third-order valence-corrected chi connectivity index (χ3v) is 4.56. The number of anilines is 1. The fourth-order valence-electron chi connectivity index (χ4n) is 3.76. The Morgan fingerprint density at radius 1 is 1.24 bits per heavy atom. The third kappa shape index (κ3) is 2.42. The lowest BCUT2D eigenvalue weighted by atomic mass is 10.1. The van der Waals surface area contributed by atoms with Gasteiger partial charge in [-0.05, 0) is 30.9 Å². The van der Waals surface area contributed by atoms with Crippen LogP contribution in [0.2, 0.25) is 0 Å². The highest BCUT2D eigenvalue weighted by Gasteiger charge is 2.53. The average molecular weight is 288 g/mol. The van der Waals surface area contributed by atoms with Crippen LogP contribution in [0.15, 0.2) is 30.3 Å². The lowest BCUT2D eigenvalue weighted by molar-refractivity contribution is 0.0516. The van der Waals surface area contributed by atoms with Crippen LogP contribution in [0, 0.1) is 5.92 Å². The molecule has 4 heteroatoms. The van der Waals surface area contributed by atoms with Crippen molar-refractivity contribution in [2.24, 2.45) is 5.92 Å². The molecular weight excluding hydrogens is 264 g/mol. The predicted molar refractivity (Wildman–Crippen MR) is 83.5 cm³/mol. The second-order valence-electron chi connectivity index (χ2n) is 6.44. The van der Waals surface area contributed by atoms with E-state index in [2.05, 4.69) is 13.8 Å². The van der Waals surface area contributed by atoms with Gasteiger partial charge in [-0.15, -0.1) is 0 Å². The van der Waals surface area contributed by atoms with Crippen LogP contribution in [-0.4, -0.2) is 42.8 Å². The van der Waals surface area contributed by atoms with Gasteiger partial charge in [0.2, 0.25) is 0 Å². The number of fused-ring (bicyclic) bond motifs is 1. The number of carbonyl (C=O) groups excluding carboxylic acids is 1. The first-order valence-electron chi connectivity index (χ1n) is 7.81.